The minimum atomic E-state index is -3.01. The van der Waals surface area contributed by atoms with Crippen molar-refractivity contribution < 1.29 is 13.2 Å². The maximum Gasteiger partial charge on any atom is 0.254 e. The zero-order valence-electron chi connectivity index (χ0n) is 13.9. The Morgan fingerprint density at radius 1 is 1.29 bits per heavy atom. The summed E-state index contributed by atoms with van der Waals surface area (Å²) in [6.45, 7) is 3.12. The number of carbonyl (C=O) groups is 1. The van der Waals surface area contributed by atoms with E-state index in [2.05, 4.69) is 27.1 Å². The van der Waals surface area contributed by atoms with Gasteiger partial charge in [-0.25, -0.2) is 18.4 Å². The average molecular weight is 352 g/mol. The highest BCUT2D eigenvalue weighted by atomic mass is 32.2. The summed E-state index contributed by atoms with van der Waals surface area (Å²) in [5.41, 5.74) is 0.369. The van der Waals surface area contributed by atoms with Crippen molar-refractivity contribution in [1.82, 2.24) is 15.3 Å². The van der Waals surface area contributed by atoms with Crippen molar-refractivity contribution in [1.29, 1.82) is 0 Å². The largest absolute Gasteiger partial charge is 0.348 e. The zero-order chi connectivity index (χ0) is 17.2. The molecule has 2 saturated heterocycles. The van der Waals surface area contributed by atoms with E-state index in [9.17, 15) is 13.2 Å². The van der Waals surface area contributed by atoms with Crippen molar-refractivity contribution in [2.24, 2.45) is 0 Å². The second-order valence-electron chi connectivity index (χ2n) is 6.60. The number of carbonyl (C=O) groups excluding carboxylic acids is 1. The van der Waals surface area contributed by atoms with Crippen LogP contribution >= 0.6 is 0 Å². The normalized spacial score (nSPS) is 26.3. The molecule has 132 valence electrons. The van der Waals surface area contributed by atoms with E-state index in [-0.39, 0.29) is 23.5 Å². The van der Waals surface area contributed by atoms with Gasteiger partial charge in [0.25, 0.3) is 5.91 Å². The number of amides is 1. The molecule has 2 fully saturated rings. The van der Waals surface area contributed by atoms with Crippen LogP contribution in [0.5, 0.6) is 0 Å². The van der Waals surface area contributed by atoms with E-state index in [0.29, 0.717) is 24.0 Å². The van der Waals surface area contributed by atoms with Gasteiger partial charge >= 0.3 is 0 Å². The molecule has 3 heterocycles. The van der Waals surface area contributed by atoms with E-state index < -0.39 is 9.84 Å². The molecule has 8 heteroatoms. The number of piperidine rings is 1. The van der Waals surface area contributed by atoms with Crippen LogP contribution in [0.15, 0.2) is 12.4 Å². The smallest absolute Gasteiger partial charge is 0.254 e. The maximum absolute atomic E-state index is 12.2. The molecular formula is C16H24N4O3S. The summed E-state index contributed by atoms with van der Waals surface area (Å²) in [6.07, 6.45) is 8.11. The van der Waals surface area contributed by atoms with Crippen LogP contribution in [0, 0.1) is 0 Å². The third-order valence-electron chi connectivity index (χ3n) is 4.82. The molecule has 2 unspecified atom stereocenters. The van der Waals surface area contributed by atoms with Gasteiger partial charge < -0.3 is 10.2 Å². The third-order valence-corrected chi connectivity index (χ3v) is 6.59. The molecule has 24 heavy (non-hydrogen) atoms. The fourth-order valence-corrected chi connectivity index (χ4v) is 5.13. The van der Waals surface area contributed by atoms with E-state index in [1.165, 1.54) is 18.8 Å². The topological polar surface area (TPSA) is 92.3 Å². The first-order chi connectivity index (χ1) is 11.5. The van der Waals surface area contributed by atoms with Gasteiger partial charge in [-0.2, -0.15) is 0 Å². The highest BCUT2D eigenvalue weighted by molar-refractivity contribution is 7.91. The van der Waals surface area contributed by atoms with Gasteiger partial charge in [0.05, 0.1) is 17.1 Å². The minimum absolute atomic E-state index is 0.0175. The molecule has 3 rings (SSSR count). The molecule has 0 aliphatic carbocycles. The lowest BCUT2D eigenvalue weighted by molar-refractivity contribution is 0.0940. The Hall–Kier alpha value is -1.70. The third kappa shape index (κ3) is 3.85. The first-order valence-electron chi connectivity index (χ1n) is 8.58. The molecule has 0 saturated carbocycles. The van der Waals surface area contributed by atoms with Gasteiger partial charge in [-0.1, -0.05) is 6.92 Å². The van der Waals surface area contributed by atoms with Crippen molar-refractivity contribution in [3.8, 4) is 0 Å². The summed E-state index contributed by atoms with van der Waals surface area (Å²) in [7, 11) is -3.01. The second-order valence-corrected chi connectivity index (χ2v) is 8.83. The number of nitrogens with zero attached hydrogens (tertiary/aromatic N) is 3. The molecule has 1 N–H and O–H groups in total. The van der Waals surface area contributed by atoms with Crippen molar-refractivity contribution in [2.45, 2.75) is 51.1 Å². The maximum atomic E-state index is 12.2. The quantitative estimate of drug-likeness (QED) is 0.874. The summed E-state index contributed by atoms with van der Waals surface area (Å²) in [4.78, 5) is 23.2. The Kier molecular flexibility index (Phi) is 5.03. The summed E-state index contributed by atoms with van der Waals surface area (Å²) in [5, 5.41) is 2.76. The van der Waals surface area contributed by atoms with E-state index in [1.54, 1.807) is 0 Å². The number of sulfone groups is 1. The van der Waals surface area contributed by atoms with Gasteiger partial charge in [0.2, 0.25) is 5.95 Å². The number of rotatable bonds is 4. The fourth-order valence-electron chi connectivity index (χ4n) is 3.45. The molecule has 2 atom stereocenters. The predicted octanol–water partition coefficient (Wildman–Crippen LogP) is 1.16. The van der Waals surface area contributed by atoms with Crippen LogP contribution in [0.25, 0.3) is 0 Å². The molecule has 1 amide bonds. The fraction of sp³-hybridized carbons (Fsp3) is 0.688. The molecule has 2 aliphatic rings. The first kappa shape index (κ1) is 17.1. The number of hydrogen-bond donors (Lipinski definition) is 1. The molecule has 2 aliphatic heterocycles. The lowest BCUT2D eigenvalue weighted by atomic mass is 10.0. The molecule has 7 nitrogen and oxygen atoms in total. The summed E-state index contributed by atoms with van der Waals surface area (Å²) >= 11 is 0. The molecule has 1 aromatic heterocycles. The number of anilines is 1. The molecule has 0 bridgehead atoms. The Balaban J connectivity index is 1.64. The van der Waals surface area contributed by atoms with E-state index >= 15 is 0 Å². The SMILES string of the molecule is CCC1CCCCN1c1ncc(C(=O)NC2CCS(=O)(=O)C2)cn1. The summed E-state index contributed by atoms with van der Waals surface area (Å²) < 4.78 is 22.9. The number of hydrogen-bond acceptors (Lipinski definition) is 6. The van der Waals surface area contributed by atoms with Gasteiger partial charge in [0.1, 0.15) is 0 Å². The van der Waals surface area contributed by atoms with Crippen LogP contribution in [0.4, 0.5) is 5.95 Å². The van der Waals surface area contributed by atoms with Gasteiger partial charge in [-0.05, 0) is 32.1 Å². The molecule has 0 radical (unpaired) electrons. The van der Waals surface area contributed by atoms with E-state index in [1.807, 2.05) is 0 Å². The average Bonchev–Trinajstić information content (AvgIpc) is 2.93. The Labute approximate surface area is 142 Å². The van der Waals surface area contributed by atoms with Crippen LogP contribution in [0.1, 0.15) is 49.4 Å². The molecule has 0 aromatic carbocycles. The Bertz CT molecular complexity index is 690. The van der Waals surface area contributed by atoms with Gasteiger partial charge in [-0.15, -0.1) is 0 Å². The monoisotopic (exact) mass is 352 g/mol. The lowest BCUT2D eigenvalue weighted by Gasteiger charge is -2.35. The highest BCUT2D eigenvalue weighted by Crippen LogP contribution is 2.23. The highest BCUT2D eigenvalue weighted by Gasteiger charge is 2.29. The standard InChI is InChI=1S/C16H24N4O3S/c1-2-14-5-3-4-7-20(14)16-17-9-12(10-18-16)15(21)19-13-6-8-24(22,23)11-13/h9-10,13-14H,2-8,11H2,1H3,(H,19,21). The number of aromatic nitrogens is 2. The predicted molar refractivity (Wildman–Crippen MR) is 91.8 cm³/mol. The zero-order valence-corrected chi connectivity index (χ0v) is 14.8. The second kappa shape index (κ2) is 7.04. The van der Waals surface area contributed by atoms with Crippen LogP contribution < -0.4 is 10.2 Å². The van der Waals surface area contributed by atoms with Crippen molar-refractivity contribution in [2.75, 3.05) is 23.0 Å². The van der Waals surface area contributed by atoms with Crippen LogP contribution in [-0.4, -0.2) is 54.4 Å². The van der Waals surface area contributed by atoms with Gasteiger partial charge in [0.15, 0.2) is 9.84 Å². The molecular weight excluding hydrogens is 328 g/mol. The van der Waals surface area contributed by atoms with Crippen LogP contribution in [0.3, 0.4) is 0 Å². The van der Waals surface area contributed by atoms with Gasteiger partial charge in [0, 0.05) is 31.0 Å². The van der Waals surface area contributed by atoms with E-state index in [4.69, 9.17) is 0 Å². The summed E-state index contributed by atoms with van der Waals surface area (Å²) in [6, 6.07) is 0.149. The minimum Gasteiger partial charge on any atom is -0.348 e. The lowest BCUT2D eigenvalue weighted by Crippen LogP contribution is -2.40. The first-order valence-corrected chi connectivity index (χ1v) is 10.4. The van der Waals surface area contributed by atoms with Crippen molar-refractivity contribution in [3.05, 3.63) is 18.0 Å². The molecule has 0 spiro atoms. The molecule has 1 aromatic rings. The van der Waals surface area contributed by atoms with Crippen LogP contribution in [-0.2, 0) is 9.84 Å². The van der Waals surface area contributed by atoms with Crippen molar-refractivity contribution >= 4 is 21.7 Å². The Morgan fingerprint density at radius 3 is 2.67 bits per heavy atom. The summed E-state index contributed by atoms with van der Waals surface area (Å²) in [5.74, 6) is 0.514. The van der Waals surface area contributed by atoms with Crippen molar-refractivity contribution in [3.63, 3.8) is 0 Å². The van der Waals surface area contributed by atoms with Crippen LogP contribution in [0.2, 0.25) is 0 Å². The Morgan fingerprint density at radius 2 is 2.04 bits per heavy atom. The van der Waals surface area contributed by atoms with Gasteiger partial charge in [-0.3, -0.25) is 4.79 Å². The number of nitrogens with one attached hydrogen (secondary N) is 1. The van der Waals surface area contributed by atoms with E-state index in [0.717, 1.165) is 25.8 Å².